The van der Waals surface area contributed by atoms with E-state index < -0.39 is 5.97 Å². The topological polar surface area (TPSA) is 77.8 Å². The molecule has 0 atom stereocenters. The van der Waals surface area contributed by atoms with E-state index in [0.29, 0.717) is 22.2 Å². The molecule has 38 heavy (non-hydrogen) atoms. The van der Waals surface area contributed by atoms with Gasteiger partial charge >= 0.3 is 5.97 Å². The molecule has 1 aliphatic rings. The highest BCUT2D eigenvalue weighted by molar-refractivity contribution is 6.34. The van der Waals surface area contributed by atoms with E-state index >= 15 is 0 Å². The molecule has 7 nitrogen and oxygen atoms in total. The summed E-state index contributed by atoms with van der Waals surface area (Å²) in [4.78, 5) is 29.3. The zero-order valence-electron chi connectivity index (χ0n) is 21.0. The third kappa shape index (κ3) is 5.65. The fraction of sp³-hybridized carbons (Fsp3) is 0.241. The number of amides is 1. The van der Waals surface area contributed by atoms with Crippen molar-refractivity contribution in [2.24, 2.45) is 0 Å². The van der Waals surface area contributed by atoms with Crippen LogP contribution in [-0.2, 0) is 13.1 Å². The molecule has 1 amide bonds. The van der Waals surface area contributed by atoms with Crippen LogP contribution >= 0.6 is 23.2 Å². The largest absolute Gasteiger partial charge is 0.478 e. The number of rotatable bonds is 7. The maximum Gasteiger partial charge on any atom is 0.335 e. The van der Waals surface area contributed by atoms with Crippen LogP contribution in [0, 0.1) is 0 Å². The van der Waals surface area contributed by atoms with Crippen LogP contribution in [0.15, 0.2) is 66.9 Å². The number of hydrogen-bond acceptors (Lipinski definition) is 4. The predicted octanol–water partition coefficient (Wildman–Crippen LogP) is 5.38. The fourth-order valence-corrected chi connectivity index (χ4v) is 5.46. The summed E-state index contributed by atoms with van der Waals surface area (Å²) in [6.07, 6.45) is 2.00. The molecule has 1 fully saturated rings. The van der Waals surface area contributed by atoms with E-state index in [4.69, 9.17) is 28.3 Å². The molecular weight excluding hydrogens is 523 g/mol. The lowest BCUT2D eigenvalue weighted by atomic mass is 10.1. The molecule has 196 valence electrons. The summed E-state index contributed by atoms with van der Waals surface area (Å²) < 4.78 is 2.06. The van der Waals surface area contributed by atoms with Crippen LogP contribution in [0.5, 0.6) is 0 Å². The number of carbonyl (C=O) groups excluding carboxylic acids is 1. The number of piperazine rings is 1. The third-order valence-corrected chi connectivity index (χ3v) is 7.36. The molecule has 0 saturated carbocycles. The molecule has 5 rings (SSSR count). The Morgan fingerprint density at radius 1 is 0.895 bits per heavy atom. The first-order valence-electron chi connectivity index (χ1n) is 12.4. The Morgan fingerprint density at radius 3 is 2.24 bits per heavy atom. The number of carbonyl (C=O) groups is 2. The minimum absolute atomic E-state index is 0.202. The number of nitrogens with zero attached hydrogens (tertiary/aromatic N) is 3. The van der Waals surface area contributed by atoms with Gasteiger partial charge in [-0.05, 0) is 66.7 Å². The first-order valence-corrected chi connectivity index (χ1v) is 13.1. The van der Waals surface area contributed by atoms with Crippen LogP contribution in [0.4, 0.5) is 5.69 Å². The van der Waals surface area contributed by atoms with Crippen molar-refractivity contribution in [2.75, 3.05) is 38.1 Å². The van der Waals surface area contributed by atoms with Crippen molar-refractivity contribution in [3.8, 4) is 0 Å². The Morgan fingerprint density at radius 2 is 1.58 bits per heavy atom. The first-order chi connectivity index (χ1) is 18.3. The number of carboxylic acid groups (broad SMARTS) is 1. The van der Waals surface area contributed by atoms with Gasteiger partial charge < -0.3 is 24.8 Å². The second kappa shape index (κ2) is 11.1. The lowest BCUT2D eigenvalue weighted by molar-refractivity contribution is 0.0696. The Hall–Kier alpha value is -3.52. The van der Waals surface area contributed by atoms with Gasteiger partial charge in [-0.25, -0.2) is 4.79 Å². The number of aromatic carboxylic acids is 1. The van der Waals surface area contributed by atoms with Crippen LogP contribution in [0.2, 0.25) is 10.0 Å². The zero-order chi connectivity index (χ0) is 26.8. The van der Waals surface area contributed by atoms with Gasteiger partial charge in [-0.2, -0.15) is 0 Å². The highest BCUT2D eigenvalue weighted by Crippen LogP contribution is 2.32. The summed E-state index contributed by atoms with van der Waals surface area (Å²) in [7, 11) is 2.13. The van der Waals surface area contributed by atoms with Crippen molar-refractivity contribution in [1.29, 1.82) is 0 Å². The van der Waals surface area contributed by atoms with E-state index in [0.717, 1.165) is 53.9 Å². The quantitative estimate of drug-likeness (QED) is 0.323. The first kappa shape index (κ1) is 26.1. The third-order valence-electron chi connectivity index (χ3n) is 6.92. The maximum atomic E-state index is 13.5. The Labute approximate surface area is 231 Å². The number of nitrogens with one attached hydrogen (secondary N) is 1. The Bertz CT molecular complexity index is 1470. The van der Waals surface area contributed by atoms with Crippen LogP contribution in [0.1, 0.15) is 31.8 Å². The summed E-state index contributed by atoms with van der Waals surface area (Å²) in [6.45, 7) is 4.58. The highest BCUT2D eigenvalue weighted by Gasteiger charge is 2.21. The summed E-state index contributed by atoms with van der Waals surface area (Å²) in [6, 6.07) is 17.9. The van der Waals surface area contributed by atoms with Crippen molar-refractivity contribution in [2.45, 2.75) is 13.1 Å². The summed E-state index contributed by atoms with van der Waals surface area (Å²) in [5, 5.41) is 14.3. The number of hydrogen-bond donors (Lipinski definition) is 2. The molecule has 0 unspecified atom stereocenters. The van der Waals surface area contributed by atoms with Crippen molar-refractivity contribution in [3.05, 3.63) is 99.2 Å². The average molecular weight is 551 g/mol. The van der Waals surface area contributed by atoms with E-state index in [-0.39, 0.29) is 18.0 Å². The van der Waals surface area contributed by atoms with E-state index in [1.807, 2.05) is 30.5 Å². The minimum Gasteiger partial charge on any atom is -0.478 e. The smallest absolute Gasteiger partial charge is 0.335 e. The number of halogens is 2. The van der Waals surface area contributed by atoms with E-state index in [1.165, 1.54) is 12.1 Å². The van der Waals surface area contributed by atoms with Gasteiger partial charge in [0.25, 0.3) is 5.91 Å². The molecule has 1 aromatic heterocycles. The molecular formula is C29H28Cl2N4O3. The number of likely N-dealkylation sites (N-methyl/N-ethyl adjacent to an activating group) is 1. The minimum atomic E-state index is -0.981. The fourth-order valence-electron chi connectivity index (χ4n) is 4.89. The number of carboxylic acids is 1. The van der Waals surface area contributed by atoms with Gasteiger partial charge in [0.1, 0.15) is 0 Å². The molecule has 0 spiro atoms. The molecule has 0 bridgehead atoms. The number of anilines is 1. The zero-order valence-corrected chi connectivity index (χ0v) is 22.5. The number of benzene rings is 3. The molecule has 3 aromatic carbocycles. The lowest BCUT2D eigenvalue weighted by Gasteiger charge is -2.34. The van der Waals surface area contributed by atoms with Crippen LogP contribution in [0.3, 0.4) is 0 Å². The summed E-state index contributed by atoms with van der Waals surface area (Å²) >= 11 is 12.5. The van der Waals surface area contributed by atoms with Crippen molar-refractivity contribution >= 4 is 51.7 Å². The summed E-state index contributed by atoms with van der Waals surface area (Å²) in [5.41, 5.74) is 4.49. The van der Waals surface area contributed by atoms with Crippen molar-refractivity contribution in [3.63, 3.8) is 0 Å². The normalized spacial score (nSPS) is 14.1. The number of aromatic nitrogens is 1. The van der Waals surface area contributed by atoms with Gasteiger partial charge in [0.15, 0.2) is 0 Å². The van der Waals surface area contributed by atoms with Crippen LogP contribution in [0.25, 0.3) is 10.9 Å². The van der Waals surface area contributed by atoms with Gasteiger partial charge in [0, 0.05) is 66.6 Å². The van der Waals surface area contributed by atoms with Gasteiger partial charge in [0.05, 0.1) is 16.6 Å². The lowest BCUT2D eigenvalue weighted by Crippen LogP contribution is -2.44. The maximum absolute atomic E-state index is 13.5. The Balaban J connectivity index is 1.48. The van der Waals surface area contributed by atoms with Crippen molar-refractivity contribution in [1.82, 2.24) is 14.8 Å². The molecule has 9 heteroatoms. The molecule has 4 aromatic rings. The van der Waals surface area contributed by atoms with Gasteiger partial charge in [-0.15, -0.1) is 0 Å². The molecule has 2 N–H and O–H groups in total. The van der Waals surface area contributed by atoms with E-state index in [1.54, 1.807) is 18.2 Å². The second-order valence-corrected chi connectivity index (χ2v) is 10.5. The van der Waals surface area contributed by atoms with Crippen LogP contribution < -0.4 is 10.2 Å². The molecule has 0 radical (unpaired) electrons. The SMILES string of the molecule is CN1CCN(c2ccc(C(=O)NCc3ccc(C(=O)O)cc3)c3c2ccn3Cc2cc(Cl)cc(Cl)c2)CC1. The van der Waals surface area contributed by atoms with E-state index in [9.17, 15) is 9.59 Å². The number of fused-ring (bicyclic) bond motifs is 1. The highest BCUT2D eigenvalue weighted by atomic mass is 35.5. The molecule has 1 aliphatic heterocycles. The van der Waals surface area contributed by atoms with E-state index in [2.05, 4.69) is 32.8 Å². The summed E-state index contributed by atoms with van der Waals surface area (Å²) in [5.74, 6) is -1.18. The van der Waals surface area contributed by atoms with Gasteiger partial charge in [-0.1, -0.05) is 35.3 Å². The Kier molecular flexibility index (Phi) is 7.61. The monoisotopic (exact) mass is 550 g/mol. The predicted molar refractivity (Wildman–Crippen MR) is 152 cm³/mol. The molecule has 1 saturated heterocycles. The average Bonchev–Trinajstić information content (AvgIpc) is 3.30. The van der Waals surface area contributed by atoms with Gasteiger partial charge in [0.2, 0.25) is 0 Å². The molecule has 0 aliphatic carbocycles. The second-order valence-electron chi connectivity index (χ2n) is 9.59. The van der Waals surface area contributed by atoms with Crippen molar-refractivity contribution < 1.29 is 14.7 Å². The van der Waals surface area contributed by atoms with Crippen LogP contribution in [-0.4, -0.2) is 59.7 Å². The standard InChI is InChI=1S/C29H28Cl2N4O3/c1-33-10-12-34(13-11-33)26-7-6-25(28(36)32-17-19-2-4-21(5-3-19)29(37)38)27-24(26)8-9-35(27)18-20-14-22(30)16-23(31)15-20/h2-9,14-16H,10-13,17-18H2,1H3,(H,32,36)(H,37,38). The molecule has 2 heterocycles. The van der Waals surface area contributed by atoms with Gasteiger partial charge in [-0.3, -0.25) is 4.79 Å².